The van der Waals surface area contributed by atoms with Crippen LogP contribution < -0.4 is 0 Å². The Morgan fingerprint density at radius 1 is 1.64 bits per heavy atom. The summed E-state index contributed by atoms with van der Waals surface area (Å²) in [6.07, 6.45) is 2.74. The summed E-state index contributed by atoms with van der Waals surface area (Å²) >= 11 is 4.90. The molecule has 0 aromatic carbocycles. The maximum Gasteiger partial charge on any atom is 0.292 e. The molecule has 5 heteroatoms. The fourth-order valence-electron chi connectivity index (χ4n) is 1.44. The molecule has 1 unspecified atom stereocenters. The summed E-state index contributed by atoms with van der Waals surface area (Å²) in [4.78, 5) is 11.4. The molecule has 1 aliphatic heterocycles. The number of methoxy groups -OCH3 is 1. The predicted molar refractivity (Wildman–Crippen MR) is 55.6 cm³/mol. The minimum Gasteiger partial charge on any atom is -0.791 e. The summed E-state index contributed by atoms with van der Waals surface area (Å²) in [7, 11) is 1.31. The number of ether oxygens (including phenoxy) is 1. The molecule has 14 heavy (non-hydrogen) atoms. The van der Waals surface area contributed by atoms with Crippen LogP contribution >= 0.6 is 0 Å². The van der Waals surface area contributed by atoms with Crippen molar-refractivity contribution in [2.75, 3.05) is 26.0 Å². The largest absolute Gasteiger partial charge is 0.791 e. The molecule has 0 amide bonds. The molecule has 1 saturated heterocycles. The molecule has 0 aromatic heterocycles. The average molecular weight is 388 g/mol. The summed E-state index contributed by atoms with van der Waals surface area (Å²) in [6, 6.07) is 0.799. The van der Waals surface area contributed by atoms with E-state index in [-0.39, 0.29) is 21.1 Å². The number of rotatable bonds is 3. The Balaban J connectivity index is 0. The van der Waals surface area contributed by atoms with Crippen molar-refractivity contribution in [2.24, 2.45) is 0 Å². The van der Waals surface area contributed by atoms with E-state index < -0.39 is 0 Å². The standard InChI is InChI=1S/C7H15NS.C2H4O2.W/c1-7-3-2-4-8(7)5-6-9;1-4-2-3;/h7,9H,2-6H2,1H3;2H,1H3;/p-1. The van der Waals surface area contributed by atoms with Crippen LogP contribution in [0.3, 0.4) is 0 Å². The molecule has 0 saturated carbocycles. The Kier molecular flexibility index (Phi) is 13.9. The van der Waals surface area contributed by atoms with Crippen molar-refractivity contribution in [2.45, 2.75) is 25.8 Å². The second kappa shape index (κ2) is 11.5. The van der Waals surface area contributed by atoms with Crippen molar-refractivity contribution in [3.8, 4) is 0 Å². The van der Waals surface area contributed by atoms with Gasteiger partial charge in [0.25, 0.3) is 6.47 Å². The molecule has 0 N–H and O–H groups in total. The molecule has 3 nitrogen and oxygen atoms in total. The Morgan fingerprint density at radius 2 is 2.21 bits per heavy atom. The molecule has 0 radical (unpaired) electrons. The van der Waals surface area contributed by atoms with E-state index in [4.69, 9.17) is 17.4 Å². The van der Waals surface area contributed by atoms with Crippen molar-refractivity contribution in [3.63, 3.8) is 0 Å². The van der Waals surface area contributed by atoms with Gasteiger partial charge in [0.2, 0.25) is 0 Å². The predicted octanol–water partition coefficient (Wildman–Crippen LogP) is 0.804. The molecule has 1 fully saturated rings. The monoisotopic (exact) mass is 388 g/mol. The van der Waals surface area contributed by atoms with Crippen LogP contribution in [-0.4, -0.2) is 43.4 Å². The summed E-state index contributed by atoms with van der Waals surface area (Å²) < 4.78 is 3.86. The van der Waals surface area contributed by atoms with E-state index in [0.29, 0.717) is 6.47 Å². The molecule has 1 aliphatic rings. The number of nitrogens with zero attached hydrogens (tertiary/aromatic N) is 1. The summed E-state index contributed by atoms with van der Waals surface area (Å²) in [5.41, 5.74) is 0. The number of likely N-dealkylation sites (tertiary alicyclic amines) is 1. The van der Waals surface area contributed by atoms with Crippen LogP contribution in [0.5, 0.6) is 0 Å². The third kappa shape index (κ3) is 7.83. The number of carbonyl (C=O) groups excluding carboxylic acids is 1. The molecule has 0 aromatic rings. The van der Waals surface area contributed by atoms with Gasteiger partial charge in [-0.05, 0) is 32.9 Å². The Labute approximate surface area is 106 Å². The van der Waals surface area contributed by atoms with Crippen molar-refractivity contribution < 1.29 is 30.6 Å². The van der Waals surface area contributed by atoms with Crippen LogP contribution in [0.2, 0.25) is 0 Å². The second-order valence-electron chi connectivity index (χ2n) is 3.06. The van der Waals surface area contributed by atoms with Gasteiger partial charge in [0, 0.05) is 27.1 Å². The van der Waals surface area contributed by atoms with Crippen LogP contribution in [0.1, 0.15) is 19.8 Å². The summed E-state index contributed by atoms with van der Waals surface area (Å²) in [5.74, 6) is 0.893. The number of carbonyl (C=O) groups is 1. The fraction of sp³-hybridized carbons (Fsp3) is 0.889. The third-order valence-corrected chi connectivity index (χ3v) is 2.35. The van der Waals surface area contributed by atoms with Crippen molar-refractivity contribution >= 4 is 19.1 Å². The van der Waals surface area contributed by atoms with Crippen LogP contribution in [-0.2, 0) is 43.2 Å². The van der Waals surface area contributed by atoms with Crippen LogP contribution in [0.15, 0.2) is 0 Å². The van der Waals surface area contributed by atoms with Gasteiger partial charge in [0.15, 0.2) is 0 Å². The van der Waals surface area contributed by atoms with Gasteiger partial charge in [-0.3, -0.25) is 4.79 Å². The zero-order chi connectivity index (χ0) is 10.1. The Hall–Kier alpha value is 0.468. The molecule has 1 atom stereocenters. The van der Waals surface area contributed by atoms with Gasteiger partial charge >= 0.3 is 0 Å². The summed E-state index contributed by atoms with van der Waals surface area (Å²) in [6.45, 7) is 5.06. The second-order valence-corrected chi connectivity index (χ2v) is 3.47. The topological polar surface area (TPSA) is 29.5 Å². The SMILES string of the molecule is CC1CCCN1CC[S-].COC=O.[W]. The fourth-order valence-corrected chi connectivity index (χ4v) is 1.68. The molecule has 84 valence electrons. The average Bonchev–Trinajstić information content (AvgIpc) is 2.53. The number of hydrogen-bond acceptors (Lipinski definition) is 4. The van der Waals surface area contributed by atoms with Gasteiger partial charge in [-0.15, -0.1) is 0 Å². The Morgan fingerprint density at radius 3 is 2.50 bits per heavy atom. The van der Waals surface area contributed by atoms with Gasteiger partial charge in [0.05, 0.1) is 7.11 Å². The van der Waals surface area contributed by atoms with E-state index in [1.54, 1.807) is 0 Å². The molecule has 1 heterocycles. The number of hydrogen-bond donors (Lipinski definition) is 0. The van der Waals surface area contributed by atoms with Gasteiger partial charge in [-0.25, -0.2) is 0 Å². The smallest absolute Gasteiger partial charge is 0.292 e. The first-order chi connectivity index (χ1) is 6.26. The molecular weight excluding hydrogens is 370 g/mol. The van der Waals surface area contributed by atoms with Crippen molar-refractivity contribution in [1.29, 1.82) is 0 Å². The minimum atomic E-state index is 0. The van der Waals surface area contributed by atoms with E-state index in [0.717, 1.165) is 18.3 Å². The van der Waals surface area contributed by atoms with E-state index in [1.165, 1.54) is 26.5 Å². The van der Waals surface area contributed by atoms with E-state index in [2.05, 4.69) is 16.6 Å². The molecule has 1 rings (SSSR count). The van der Waals surface area contributed by atoms with E-state index in [1.807, 2.05) is 0 Å². The normalized spacial score (nSPS) is 20.4. The van der Waals surface area contributed by atoms with Gasteiger partial charge in [0.1, 0.15) is 0 Å². The van der Waals surface area contributed by atoms with Gasteiger partial charge in [-0.1, -0.05) is 0 Å². The maximum atomic E-state index is 8.95. The molecule has 0 spiro atoms. The quantitative estimate of drug-likeness (QED) is 0.529. The third-order valence-electron chi connectivity index (χ3n) is 2.17. The van der Waals surface area contributed by atoms with Gasteiger partial charge in [-0.2, -0.15) is 5.75 Å². The molecular formula is C9H18NO2SW-. The minimum absolute atomic E-state index is 0. The van der Waals surface area contributed by atoms with Crippen LogP contribution in [0, 0.1) is 0 Å². The first-order valence-electron chi connectivity index (χ1n) is 4.54. The van der Waals surface area contributed by atoms with Crippen LogP contribution in [0.25, 0.3) is 0 Å². The maximum absolute atomic E-state index is 8.95. The first kappa shape index (κ1) is 16.9. The molecule has 0 bridgehead atoms. The Bertz CT molecular complexity index is 138. The van der Waals surface area contributed by atoms with E-state index in [9.17, 15) is 0 Å². The summed E-state index contributed by atoms with van der Waals surface area (Å²) in [5, 5.41) is 0. The zero-order valence-electron chi connectivity index (χ0n) is 8.77. The van der Waals surface area contributed by atoms with Gasteiger partial charge < -0.3 is 22.3 Å². The van der Waals surface area contributed by atoms with Crippen molar-refractivity contribution in [3.05, 3.63) is 0 Å². The van der Waals surface area contributed by atoms with Crippen LogP contribution in [0.4, 0.5) is 0 Å². The zero-order valence-corrected chi connectivity index (χ0v) is 12.5. The molecule has 0 aliphatic carbocycles. The first-order valence-corrected chi connectivity index (χ1v) is 5.12. The van der Waals surface area contributed by atoms with E-state index >= 15 is 0 Å². The van der Waals surface area contributed by atoms with Crippen molar-refractivity contribution in [1.82, 2.24) is 4.90 Å².